The van der Waals surface area contributed by atoms with Crippen LogP contribution in [0.5, 0.6) is 5.75 Å². The average Bonchev–Trinajstić information content (AvgIpc) is 2.34. The summed E-state index contributed by atoms with van der Waals surface area (Å²) in [7, 11) is 1.22. The molecule has 0 bridgehead atoms. The predicted octanol–water partition coefficient (Wildman–Crippen LogP) is 1.63. The maximum absolute atomic E-state index is 11.4. The molecule has 8 heteroatoms. The normalized spacial score (nSPS) is 13.5. The molecule has 7 nitrogen and oxygen atoms in total. The van der Waals surface area contributed by atoms with Gasteiger partial charge < -0.3 is 15.2 Å². The largest absolute Gasteiger partial charge is 0.491 e. The lowest BCUT2D eigenvalue weighted by Crippen LogP contribution is -2.50. The zero-order valence-electron chi connectivity index (χ0n) is 10.4. The summed E-state index contributed by atoms with van der Waals surface area (Å²) in [5.41, 5.74) is 4.26. The summed E-state index contributed by atoms with van der Waals surface area (Å²) in [5.74, 6) is -0.390. The van der Waals surface area contributed by atoms with Gasteiger partial charge in [-0.3, -0.25) is 10.1 Å². The quantitative estimate of drug-likeness (QED) is 0.499. The molecule has 1 aromatic carbocycles. The van der Waals surface area contributed by atoms with Gasteiger partial charge in [0.15, 0.2) is 0 Å². The van der Waals surface area contributed by atoms with Crippen LogP contribution < -0.4 is 10.5 Å². The first-order chi connectivity index (χ1) is 8.76. The van der Waals surface area contributed by atoms with Crippen molar-refractivity contribution >= 4 is 27.6 Å². The topological polar surface area (TPSA) is 105 Å². The summed E-state index contributed by atoms with van der Waals surface area (Å²) in [6.45, 7) is 1.29. The van der Waals surface area contributed by atoms with Gasteiger partial charge in [-0.15, -0.1) is 0 Å². The van der Waals surface area contributed by atoms with Crippen LogP contribution in [-0.4, -0.2) is 30.1 Å². The molecular formula is C11H13BrN2O5. The van der Waals surface area contributed by atoms with Crippen molar-refractivity contribution in [1.82, 2.24) is 0 Å². The monoisotopic (exact) mass is 332 g/mol. The Morgan fingerprint density at radius 3 is 2.68 bits per heavy atom. The Morgan fingerprint density at radius 2 is 2.16 bits per heavy atom. The van der Waals surface area contributed by atoms with E-state index in [1.165, 1.54) is 26.2 Å². The van der Waals surface area contributed by atoms with E-state index >= 15 is 0 Å². The number of carbonyl (C=O) groups excluding carboxylic acids is 1. The average molecular weight is 333 g/mol. The second-order valence-electron chi connectivity index (χ2n) is 4.10. The zero-order chi connectivity index (χ0) is 14.6. The molecule has 1 rings (SSSR count). The fourth-order valence-electron chi connectivity index (χ4n) is 1.26. The second-order valence-corrected chi connectivity index (χ2v) is 5.02. The standard InChI is InChI=1S/C11H13BrN2O5/c1-11(13,10(15)18-2)6-19-9-4-7(12)3-8(5-9)14(16)17/h3-5H,6,13H2,1-2H3. The van der Waals surface area contributed by atoms with Crippen molar-refractivity contribution in [3.8, 4) is 5.75 Å². The number of nitro groups is 1. The third kappa shape index (κ3) is 4.18. The van der Waals surface area contributed by atoms with E-state index in [2.05, 4.69) is 20.7 Å². The van der Waals surface area contributed by atoms with Crippen molar-refractivity contribution in [3.05, 3.63) is 32.8 Å². The number of ether oxygens (including phenoxy) is 2. The molecule has 1 unspecified atom stereocenters. The van der Waals surface area contributed by atoms with Crippen molar-refractivity contribution in [2.45, 2.75) is 12.5 Å². The van der Waals surface area contributed by atoms with Gasteiger partial charge in [0, 0.05) is 10.5 Å². The number of hydrogen-bond acceptors (Lipinski definition) is 6. The molecular weight excluding hydrogens is 320 g/mol. The molecule has 2 N–H and O–H groups in total. The van der Waals surface area contributed by atoms with Crippen LogP contribution in [0.2, 0.25) is 0 Å². The van der Waals surface area contributed by atoms with E-state index in [1.807, 2.05) is 0 Å². The number of benzene rings is 1. The molecule has 0 amide bonds. The number of methoxy groups -OCH3 is 1. The minimum absolute atomic E-state index is 0.124. The van der Waals surface area contributed by atoms with Crippen LogP contribution in [0.15, 0.2) is 22.7 Å². The van der Waals surface area contributed by atoms with Gasteiger partial charge in [-0.05, 0) is 13.0 Å². The summed E-state index contributed by atoms with van der Waals surface area (Å²) >= 11 is 3.14. The molecule has 0 aliphatic heterocycles. The van der Waals surface area contributed by atoms with Crippen molar-refractivity contribution in [1.29, 1.82) is 0 Å². The van der Waals surface area contributed by atoms with Crippen LogP contribution in [0.4, 0.5) is 5.69 Å². The Labute approximate surface area is 118 Å². The predicted molar refractivity (Wildman–Crippen MR) is 70.9 cm³/mol. The number of hydrogen-bond donors (Lipinski definition) is 1. The van der Waals surface area contributed by atoms with Crippen LogP contribution in [0.25, 0.3) is 0 Å². The van der Waals surface area contributed by atoms with Gasteiger partial charge in [0.25, 0.3) is 5.69 Å². The summed E-state index contributed by atoms with van der Waals surface area (Å²) < 4.78 is 10.3. The summed E-state index contributed by atoms with van der Waals surface area (Å²) in [6, 6.07) is 4.13. The van der Waals surface area contributed by atoms with Gasteiger partial charge in [-0.2, -0.15) is 0 Å². The van der Waals surface area contributed by atoms with Gasteiger partial charge in [0.2, 0.25) is 0 Å². The highest BCUT2D eigenvalue weighted by Gasteiger charge is 2.30. The maximum Gasteiger partial charge on any atom is 0.329 e. The summed E-state index contributed by atoms with van der Waals surface area (Å²) in [5, 5.41) is 10.7. The van der Waals surface area contributed by atoms with Crippen molar-refractivity contribution in [2.24, 2.45) is 5.73 Å². The third-order valence-corrected chi connectivity index (χ3v) is 2.72. The number of non-ortho nitro benzene ring substituents is 1. The molecule has 0 spiro atoms. The Bertz CT molecular complexity index is 504. The minimum Gasteiger partial charge on any atom is -0.491 e. The van der Waals surface area contributed by atoms with Crippen molar-refractivity contribution in [2.75, 3.05) is 13.7 Å². The lowest BCUT2D eigenvalue weighted by atomic mass is 10.1. The highest BCUT2D eigenvalue weighted by Crippen LogP contribution is 2.26. The first-order valence-electron chi connectivity index (χ1n) is 5.21. The Hall–Kier alpha value is -1.67. The number of halogens is 1. The second kappa shape index (κ2) is 5.98. The number of carbonyl (C=O) groups is 1. The zero-order valence-corrected chi connectivity index (χ0v) is 12.0. The van der Waals surface area contributed by atoms with Gasteiger partial charge in [-0.1, -0.05) is 15.9 Å². The van der Waals surface area contributed by atoms with Gasteiger partial charge in [0.05, 0.1) is 18.1 Å². The molecule has 0 saturated heterocycles. The molecule has 104 valence electrons. The minimum atomic E-state index is -1.33. The van der Waals surface area contributed by atoms with Gasteiger partial charge >= 0.3 is 5.97 Å². The lowest BCUT2D eigenvalue weighted by molar-refractivity contribution is -0.385. The fourth-order valence-corrected chi connectivity index (χ4v) is 1.72. The molecule has 0 fully saturated rings. The number of nitrogens with two attached hydrogens (primary N) is 1. The molecule has 0 heterocycles. The smallest absolute Gasteiger partial charge is 0.329 e. The first-order valence-corrected chi connectivity index (χ1v) is 6.00. The van der Waals surface area contributed by atoms with Gasteiger partial charge in [0.1, 0.15) is 17.9 Å². The van der Waals surface area contributed by atoms with Gasteiger partial charge in [-0.25, -0.2) is 4.79 Å². The van der Waals surface area contributed by atoms with E-state index < -0.39 is 16.4 Å². The Morgan fingerprint density at radius 1 is 1.53 bits per heavy atom. The van der Waals surface area contributed by atoms with E-state index in [0.29, 0.717) is 4.47 Å². The van der Waals surface area contributed by atoms with Crippen LogP contribution in [0, 0.1) is 10.1 Å². The van der Waals surface area contributed by atoms with Crippen LogP contribution in [0.3, 0.4) is 0 Å². The summed E-state index contributed by atoms with van der Waals surface area (Å²) in [4.78, 5) is 21.5. The van der Waals surface area contributed by atoms with Crippen LogP contribution >= 0.6 is 15.9 Å². The number of rotatable bonds is 5. The highest BCUT2D eigenvalue weighted by molar-refractivity contribution is 9.10. The van der Waals surface area contributed by atoms with E-state index in [4.69, 9.17) is 10.5 Å². The fraction of sp³-hybridized carbons (Fsp3) is 0.364. The Balaban J connectivity index is 2.83. The molecule has 1 atom stereocenters. The van der Waals surface area contributed by atoms with E-state index in [9.17, 15) is 14.9 Å². The third-order valence-electron chi connectivity index (χ3n) is 2.26. The first kappa shape index (κ1) is 15.4. The van der Waals surface area contributed by atoms with Crippen molar-refractivity contribution in [3.63, 3.8) is 0 Å². The van der Waals surface area contributed by atoms with Crippen LogP contribution in [-0.2, 0) is 9.53 Å². The SMILES string of the molecule is COC(=O)C(C)(N)COc1cc(Br)cc([N+](=O)[O-])c1. The van der Waals surface area contributed by atoms with E-state index in [-0.39, 0.29) is 18.0 Å². The molecule has 0 saturated carbocycles. The number of nitrogens with zero attached hydrogens (tertiary/aromatic N) is 1. The molecule has 0 aliphatic carbocycles. The number of esters is 1. The van der Waals surface area contributed by atoms with Crippen molar-refractivity contribution < 1.29 is 19.2 Å². The lowest BCUT2D eigenvalue weighted by Gasteiger charge is -2.21. The molecule has 0 aliphatic rings. The molecule has 1 aromatic rings. The maximum atomic E-state index is 11.4. The molecule has 19 heavy (non-hydrogen) atoms. The van der Waals surface area contributed by atoms with Crippen LogP contribution in [0.1, 0.15) is 6.92 Å². The highest BCUT2D eigenvalue weighted by atomic mass is 79.9. The summed E-state index contributed by atoms with van der Waals surface area (Å²) in [6.07, 6.45) is 0. The van der Waals surface area contributed by atoms with E-state index in [1.54, 1.807) is 6.07 Å². The Kier molecular flexibility index (Phi) is 4.84. The number of nitro benzene ring substituents is 1. The molecule has 0 aromatic heterocycles. The van der Waals surface area contributed by atoms with E-state index in [0.717, 1.165) is 0 Å². The molecule has 0 radical (unpaired) electrons.